The zero-order chi connectivity index (χ0) is 42.1. The van der Waals surface area contributed by atoms with E-state index in [2.05, 4.69) is 24.3 Å². The minimum Gasteiger partial charge on any atom is -0.465 e. The molecule has 1 N–H and O–H groups in total. The Morgan fingerprint density at radius 1 is 0.884 bits per heavy atom. The Labute approximate surface area is 272 Å². The van der Waals surface area contributed by atoms with Gasteiger partial charge in [0.25, 0.3) is 20.0 Å². The van der Waals surface area contributed by atoms with Crippen LogP contribution in [0.5, 0.6) is 0 Å². The summed E-state index contributed by atoms with van der Waals surface area (Å²) < 4.78 is 167. The molecule has 0 aromatic carbocycles. The summed E-state index contributed by atoms with van der Waals surface area (Å²) in [6.07, 6.45) is 0. The van der Waals surface area contributed by atoms with Gasteiger partial charge in [0.05, 0.1) is 25.6 Å². The van der Waals surface area contributed by atoms with E-state index in [9.17, 15) is 26.4 Å². The smallest absolute Gasteiger partial charge is 0.349 e. The maximum absolute atomic E-state index is 13.2. The number of esters is 2. The molecule has 0 unspecified atom stereocenters. The van der Waals surface area contributed by atoms with Gasteiger partial charge in [-0.15, -0.1) is 22.7 Å². The fourth-order valence-electron chi connectivity index (χ4n) is 2.95. The maximum Gasteiger partial charge on any atom is 0.349 e. The molecule has 4 rings (SSSR count). The molecule has 234 valence electrons. The normalized spacial score (nSPS) is 16.7. The lowest BCUT2D eigenvalue weighted by Crippen LogP contribution is -2.33. The van der Waals surface area contributed by atoms with Gasteiger partial charge in [-0.1, -0.05) is 10.3 Å². The zero-order valence-corrected chi connectivity index (χ0v) is 25.2. The standard InChI is InChI=1S/C13H16N2O6S2.C11H12N2O5S2/c1-8-9(2)14-21-12(8)15(7-19-3)23(17,18)10-5-6-22-11(10)13(16)20-4;1-6-7(2)12-18-10(6)13-20(15,16)8-4-5-19-9(8)11(14)17-3/h5-6H,7H2,1-4H3;4-5,13H,1-3H3/i2*1D3,2D3. The van der Waals surface area contributed by atoms with Gasteiger partial charge in [0, 0.05) is 34.7 Å². The lowest BCUT2D eigenvalue weighted by molar-refractivity contribution is 0.0593. The van der Waals surface area contributed by atoms with E-state index in [-0.39, 0.29) is 9.75 Å². The van der Waals surface area contributed by atoms with E-state index in [1.807, 2.05) is 4.72 Å². The third kappa shape index (κ3) is 7.07. The summed E-state index contributed by atoms with van der Waals surface area (Å²) in [5.41, 5.74) is -3.56. The van der Waals surface area contributed by atoms with Crippen LogP contribution < -0.4 is 9.03 Å². The minimum atomic E-state index is -4.62. The number of aromatic nitrogens is 2. The highest BCUT2D eigenvalue weighted by Gasteiger charge is 2.34. The van der Waals surface area contributed by atoms with Crippen molar-refractivity contribution in [1.29, 1.82) is 0 Å². The van der Waals surface area contributed by atoms with E-state index < -0.39 is 110 Å². The molecule has 15 nitrogen and oxygen atoms in total. The number of nitrogens with zero attached hydrogens (tertiary/aromatic N) is 3. The number of carbonyl (C=O) groups is 2. The molecule has 4 aromatic rings. The molecule has 0 aliphatic rings. The fourth-order valence-corrected chi connectivity index (χ4v) is 7.92. The quantitative estimate of drug-likeness (QED) is 0.186. The topological polar surface area (TPSA) is 197 Å². The summed E-state index contributed by atoms with van der Waals surface area (Å²) in [5.74, 6) is -3.54. The Morgan fingerprint density at radius 3 is 2.00 bits per heavy atom. The van der Waals surface area contributed by atoms with Gasteiger partial charge >= 0.3 is 11.9 Å². The predicted octanol–water partition coefficient (Wildman–Crippen LogP) is 3.88. The summed E-state index contributed by atoms with van der Waals surface area (Å²) in [7, 11) is -5.84. The van der Waals surface area contributed by atoms with Gasteiger partial charge in [-0.05, 0) is 50.3 Å². The highest BCUT2D eigenvalue weighted by atomic mass is 32.2. The number of hydrogen-bond acceptors (Lipinski definition) is 15. The number of carbonyl (C=O) groups excluding carboxylic acids is 2. The number of nitrogens with one attached hydrogen (secondary N) is 1. The van der Waals surface area contributed by atoms with Crippen molar-refractivity contribution in [3.05, 3.63) is 55.2 Å². The second kappa shape index (κ2) is 13.7. The molecule has 0 fully saturated rings. The Hall–Kier alpha value is -3.78. The number of aryl methyl sites for hydroxylation is 2. The van der Waals surface area contributed by atoms with Crippen molar-refractivity contribution in [2.24, 2.45) is 0 Å². The largest absolute Gasteiger partial charge is 0.465 e. The third-order valence-corrected chi connectivity index (χ3v) is 10.1. The Balaban J connectivity index is 0.000000297. The van der Waals surface area contributed by atoms with Crippen LogP contribution in [0, 0.1) is 27.4 Å². The number of thiophene rings is 2. The third-order valence-electron chi connectivity index (χ3n) is 4.92. The second-order valence-corrected chi connectivity index (χ2v) is 12.8. The van der Waals surface area contributed by atoms with Crippen LogP contribution in [0.2, 0.25) is 0 Å². The van der Waals surface area contributed by atoms with Gasteiger partial charge in [-0.25, -0.2) is 35.5 Å². The summed E-state index contributed by atoms with van der Waals surface area (Å²) in [6.45, 7) is -12.7. The lowest BCUT2D eigenvalue weighted by Gasteiger charge is -2.20. The number of sulfonamides is 2. The van der Waals surface area contributed by atoms with E-state index in [0.717, 1.165) is 56.1 Å². The first-order valence-corrected chi connectivity index (χ1v) is 15.6. The van der Waals surface area contributed by atoms with E-state index in [1.54, 1.807) is 0 Å². The predicted molar refractivity (Wildman–Crippen MR) is 156 cm³/mol. The van der Waals surface area contributed by atoms with Crippen LogP contribution >= 0.6 is 22.7 Å². The van der Waals surface area contributed by atoms with Gasteiger partial charge in [-0.2, -0.15) is 0 Å². The van der Waals surface area contributed by atoms with E-state index in [1.165, 1.54) is 10.8 Å². The molecule has 43 heavy (non-hydrogen) atoms. The molecular weight excluding hydrogens is 649 g/mol. The van der Waals surface area contributed by atoms with Crippen LogP contribution in [0.25, 0.3) is 0 Å². The molecule has 0 saturated heterocycles. The van der Waals surface area contributed by atoms with Crippen molar-refractivity contribution < 1.29 is 66.1 Å². The number of hydrogen-bond donors (Lipinski definition) is 1. The maximum atomic E-state index is 13.2. The molecule has 19 heteroatoms. The number of ether oxygens (including phenoxy) is 3. The second-order valence-electron chi connectivity index (χ2n) is 7.53. The first kappa shape index (κ1) is 20.2. The SMILES string of the molecule is [2H]C([2H])([2H])c1noc(N(COC)S(=O)(=O)c2ccsc2C(=O)OC)c1C([2H])([2H])[2H].[2H]C([2H])([2H])c1noc(NS(=O)(=O)c2ccsc2C(=O)OC)c1C([2H])([2H])[2H]. The van der Waals surface area contributed by atoms with Crippen molar-refractivity contribution in [2.45, 2.75) is 37.2 Å². The first-order chi connectivity index (χ1) is 25.0. The van der Waals surface area contributed by atoms with E-state index in [0.29, 0.717) is 4.31 Å². The highest BCUT2D eigenvalue weighted by Crippen LogP contribution is 2.32. The van der Waals surface area contributed by atoms with Crippen molar-refractivity contribution >= 4 is 66.4 Å². The number of methoxy groups -OCH3 is 3. The molecule has 4 aromatic heterocycles. The van der Waals surface area contributed by atoms with Gasteiger partial charge in [0.2, 0.25) is 11.8 Å². The average molecular weight is 689 g/mol. The van der Waals surface area contributed by atoms with Crippen molar-refractivity contribution in [3.63, 3.8) is 0 Å². The molecule has 0 saturated carbocycles. The molecule has 4 heterocycles. The fraction of sp³-hybridized carbons (Fsp3) is 0.333. The van der Waals surface area contributed by atoms with Crippen molar-refractivity contribution in [2.75, 3.05) is 37.1 Å². The average Bonchev–Trinajstić information content (AvgIpc) is 3.86. The monoisotopic (exact) mass is 688 g/mol. The molecule has 0 radical (unpaired) electrons. The Morgan fingerprint density at radius 2 is 1.44 bits per heavy atom. The van der Waals surface area contributed by atoms with Gasteiger partial charge in [-0.3, -0.25) is 0 Å². The summed E-state index contributed by atoms with van der Waals surface area (Å²) in [6, 6.07) is 2.22. The Bertz CT molecular complexity index is 2240. The molecule has 0 amide bonds. The summed E-state index contributed by atoms with van der Waals surface area (Å²) >= 11 is 1.59. The molecule has 0 spiro atoms. The molecular formula is C24H28N4O11S4. The number of anilines is 2. The Kier molecular flexibility index (Phi) is 6.43. The summed E-state index contributed by atoms with van der Waals surface area (Å²) in [4.78, 5) is 22.1. The molecule has 0 aliphatic heterocycles. The first-order valence-electron chi connectivity index (χ1n) is 16.9. The summed E-state index contributed by atoms with van der Waals surface area (Å²) in [5, 5.41) is 9.10. The number of rotatable bonds is 10. The van der Waals surface area contributed by atoms with E-state index >= 15 is 0 Å². The van der Waals surface area contributed by atoms with E-state index in [4.69, 9.17) is 25.7 Å². The van der Waals surface area contributed by atoms with Crippen molar-refractivity contribution in [3.8, 4) is 0 Å². The van der Waals surface area contributed by atoms with Crippen molar-refractivity contribution in [1.82, 2.24) is 10.3 Å². The van der Waals surface area contributed by atoms with Crippen LogP contribution in [0.15, 0.2) is 41.7 Å². The molecule has 0 aliphatic carbocycles. The van der Waals surface area contributed by atoms with Gasteiger partial charge in [0.1, 0.15) is 26.3 Å². The minimum absolute atomic E-state index is 0.244. The molecule has 0 bridgehead atoms. The lowest BCUT2D eigenvalue weighted by atomic mass is 10.3. The van der Waals surface area contributed by atoms with Gasteiger partial charge in [0.15, 0.2) is 0 Å². The van der Waals surface area contributed by atoms with Crippen LogP contribution in [0.1, 0.15) is 58.3 Å². The van der Waals surface area contributed by atoms with Crippen LogP contribution in [-0.4, -0.2) is 67.1 Å². The van der Waals surface area contributed by atoms with Crippen LogP contribution in [0.3, 0.4) is 0 Å². The molecule has 0 atom stereocenters. The van der Waals surface area contributed by atoms with Crippen LogP contribution in [-0.2, 0) is 34.3 Å². The van der Waals surface area contributed by atoms with Crippen LogP contribution in [0.4, 0.5) is 11.8 Å². The highest BCUT2D eigenvalue weighted by molar-refractivity contribution is 7.93. The van der Waals surface area contributed by atoms with Gasteiger partial charge < -0.3 is 23.3 Å². The zero-order valence-electron chi connectivity index (χ0n) is 34.0.